The van der Waals surface area contributed by atoms with Crippen molar-refractivity contribution in [2.24, 2.45) is 0 Å². The molecular weight excluding hydrogens is 306 g/mol. The van der Waals surface area contributed by atoms with E-state index in [1.165, 1.54) is 0 Å². The molecule has 0 atom stereocenters. The predicted octanol–water partition coefficient (Wildman–Crippen LogP) is 3.74. The van der Waals surface area contributed by atoms with Gasteiger partial charge in [-0.15, -0.1) is 0 Å². The summed E-state index contributed by atoms with van der Waals surface area (Å²) in [7, 11) is 1.65. The molecule has 1 N–H and O–H groups in total. The zero-order valence-electron chi connectivity index (χ0n) is 11.0. The fourth-order valence-electron chi connectivity index (χ4n) is 1.69. The minimum absolute atomic E-state index is 0.652. The third kappa shape index (κ3) is 3.23. The predicted molar refractivity (Wildman–Crippen MR) is 80.5 cm³/mol. The van der Waals surface area contributed by atoms with Crippen molar-refractivity contribution in [2.75, 3.05) is 19.0 Å². The van der Waals surface area contributed by atoms with Gasteiger partial charge in [-0.2, -0.15) is 0 Å². The number of halogens is 1. The first-order chi connectivity index (χ1) is 9.26. The third-order valence-electron chi connectivity index (χ3n) is 2.63. The molecule has 0 aliphatic carbocycles. The Hall–Kier alpha value is -1.62. The van der Waals surface area contributed by atoms with Crippen LogP contribution in [0, 0.1) is 0 Å². The lowest BCUT2D eigenvalue weighted by atomic mass is 10.2. The summed E-state index contributed by atoms with van der Waals surface area (Å²) in [5.41, 5.74) is 0.886. The van der Waals surface area contributed by atoms with Gasteiger partial charge in [0.1, 0.15) is 11.6 Å². The minimum atomic E-state index is 0.652. The molecule has 1 aromatic heterocycles. The molecule has 0 saturated heterocycles. The van der Waals surface area contributed by atoms with Crippen LogP contribution in [0.3, 0.4) is 0 Å². The fourth-order valence-corrected chi connectivity index (χ4v) is 2.02. The summed E-state index contributed by atoms with van der Waals surface area (Å²) >= 11 is 3.45. The molecule has 1 heterocycles. The van der Waals surface area contributed by atoms with Crippen LogP contribution in [0.2, 0.25) is 0 Å². The molecule has 100 valence electrons. The van der Waals surface area contributed by atoms with Gasteiger partial charge in [0.05, 0.1) is 17.1 Å². The van der Waals surface area contributed by atoms with Crippen LogP contribution in [-0.2, 0) is 0 Å². The number of hydrogen-bond acceptors (Lipinski definition) is 4. The van der Waals surface area contributed by atoms with Crippen LogP contribution in [0.5, 0.6) is 5.75 Å². The lowest BCUT2D eigenvalue weighted by Gasteiger charge is -2.10. The van der Waals surface area contributed by atoms with Crippen LogP contribution >= 0.6 is 15.9 Å². The van der Waals surface area contributed by atoms with E-state index in [1.54, 1.807) is 13.3 Å². The number of benzene rings is 1. The van der Waals surface area contributed by atoms with E-state index < -0.39 is 0 Å². The van der Waals surface area contributed by atoms with Crippen molar-refractivity contribution in [3.8, 4) is 17.1 Å². The van der Waals surface area contributed by atoms with Crippen molar-refractivity contribution in [2.45, 2.75) is 13.3 Å². The Morgan fingerprint density at radius 1 is 1.32 bits per heavy atom. The van der Waals surface area contributed by atoms with E-state index in [0.29, 0.717) is 5.82 Å². The Bertz CT molecular complexity index is 560. The molecule has 0 aliphatic heterocycles. The normalized spacial score (nSPS) is 10.3. The number of nitrogens with one attached hydrogen (secondary N) is 1. The summed E-state index contributed by atoms with van der Waals surface area (Å²) < 4.78 is 6.20. The maximum absolute atomic E-state index is 5.34. The molecule has 19 heavy (non-hydrogen) atoms. The van der Waals surface area contributed by atoms with Crippen molar-refractivity contribution in [3.05, 3.63) is 34.9 Å². The molecule has 0 bridgehead atoms. The number of nitrogens with zero attached hydrogens (tertiary/aromatic N) is 2. The first-order valence-electron chi connectivity index (χ1n) is 6.16. The molecule has 0 amide bonds. The lowest BCUT2D eigenvalue weighted by Crippen LogP contribution is -2.04. The standard InChI is InChI=1S/C14H16BrN3O/c1-3-8-16-14-11(15)9-17-13(18-14)10-6-4-5-7-12(10)19-2/h4-7,9H,3,8H2,1-2H3,(H,16,17,18). The first-order valence-corrected chi connectivity index (χ1v) is 6.95. The number of para-hydroxylation sites is 1. The van der Waals surface area contributed by atoms with Gasteiger partial charge in [-0.05, 0) is 34.5 Å². The Balaban J connectivity index is 2.39. The smallest absolute Gasteiger partial charge is 0.165 e. The Morgan fingerprint density at radius 3 is 2.84 bits per heavy atom. The zero-order valence-corrected chi connectivity index (χ0v) is 12.6. The van der Waals surface area contributed by atoms with E-state index in [1.807, 2.05) is 24.3 Å². The summed E-state index contributed by atoms with van der Waals surface area (Å²) in [4.78, 5) is 8.89. The highest BCUT2D eigenvalue weighted by molar-refractivity contribution is 9.10. The molecule has 0 spiro atoms. The average molecular weight is 322 g/mol. The highest BCUT2D eigenvalue weighted by atomic mass is 79.9. The van der Waals surface area contributed by atoms with Gasteiger partial charge in [0.2, 0.25) is 0 Å². The number of methoxy groups -OCH3 is 1. The number of aromatic nitrogens is 2. The second-order valence-corrected chi connectivity index (χ2v) is 4.87. The SMILES string of the molecule is CCCNc1nc(-c2ccccc2OC)ncc1Br. The van der Waals surface area contributed by atoms with Crippen molar-refractivity contribution < 1.29 is 4.74 Å². The van der Waals surface area contributed by atoms with Crippen LogP contribution in [0.15, 0.2) is 34.9 Å². The van der Waals surface area contributed by atoms with Crippen molar-refractivity contribution in [1.29, 1.82) is 0 Å². The quantitative estimate of drug-likeness (QED) is 0.911. The van der Waals surface area contributed by atoms with E-state index >= 15 is 0 Å². The second-order valence-electron chi connectivity index (χ2n) is 4.02. The molecule has 0 fully saturated rings. The summed E-state index contributed by atoms with van der Waals surface area (Å²) in [6.45, 7) is 2.99. The second kappa shape index (κ2) is 6.52. The number of ether oxygens (including phenoxy) is 1. The molecule has 0 unspecified atom stereocenters. The van der Waals surface area contributed by atoms with E-state index in [-0.39, 0.29) is 0 Å². The van der Waals surface area contributed by atoms with E-state index in [9.17, 15) is 0 Å². The number of rotatable bonds is 5. The summed E-state index contributed by atoms with van der Waals surface area (Å²) in [6.07, 6.45) is 2.80. The Morgan fingerprint density at radius 2 is 2.11 bits per heavy atom. The van der Waals surface area contributed by atoms with Gasteiger partial charge in [-0.25, -0.2) is 9.97 Å². The van der Waals surface area contributed by atoms with Gasteiger partial charge in [-0.3, -0.25) is 0 Å². The van der Waals surface area contributed by atoms with Gasteiger partial charge >= 0.3 is 0 Å². The third-order valence-corrected chi connectivity index (χ3v) is 3.21. The van der Waals surface area contributed by atoms with Gasteiger partial charge in [0.25, 0.3) is 0 Å². The van der Waals surface area contributed by atoms with E-state index in [2.05, 4.69) is 38.1 Å². The van der Waals surface area contributed by atoms with Crippen LogP contribution in [0.1, 0.15) is 13.3 Å². The number of hydrogen-bond donors (Lipinski definition) is 1. The van der Waals surface area contributed by atoms with Crippen LogP contribution in [0.25, 0.3) is 11.4 Å². The Kier molecular flexibility index (Phi) is 4.74. The maximum Gasteiger partial charge on any atom is 0.165 e. The van der Waals surface area contributed by atoms with Crippen molar-refractivity contribution in [1.82, 2.24) is 9.97 Å². The first kappa shape index (κ1) is 13.8. The number of anilines is 1. The topological polar surface area (TPSA) is 47.0 Å². The Labute approximate surface area is 121 Å². The molecule has 0 saturated carbocycles. The molecular formula is C14H16BrN3O. The highest BCUT2D eigenvalue weighted by Crippen LogP contribution is 2.29. The van der Waals surface area contributed by atoms with Gasteiger partial charge in [-0.1, -0.05) is 19.1 Å². The van der Waals surface area contributed by atoms with E-state index in [4.69, 9.17) is 4.74 Å². The molecule has 0 aliphatic rings. The molecule has 1 aromatic carbocycles. The fraction of sp³-hybridized carbons (Fsp3) is 0.286. The van der Waals surface area contributed by atoms with Gasteiger partial charge in [0, 0.05) is 12.7 Å². The van der Waals surface area contributed by atoms with Gasteiger partial charge < -0.3 is 10.1 Å². The molecule has 0 radical (unpaired) electrons. The maximum atomic E-state index is 5.34. The monoisotopic (exact) mass is 321 g/mol. The summed E-state index contributed by atoms with van der Waals surface area (Å²) in [5.74, 6) is 2.23. The summed E-state index contributed by atoms with van der Waals surface area (Å²) in [6, 6.07) is 7.73. The van der Waals surface area contributed by atoms with Crippen LogP contribution < -0.4 is 10.1 Å². The van der Waals surface area contributed by atoms with Crippen molar-refractivity contribution in [3.63, 3.8) is 0 Å². The highest BCUT2D eigenvalue weighted by Gasteiger charge is 2.10. The molecule has 2 rings (SSSR count). The molecule has 5 heteroatoms. The lowest BCUT2D eigenvalue weighted by molar-refractivity contribution is 0.416. The molecule has 4 nitrogen and oxygen atoms in total. The van der Waals surface area contributed by atoms with Crippen LogP contribution in [-0.4, -0.2) is 23.6 Å². The average Bonchev–Trinajstić information content (AvgIpc) is 2.46. The van der Waals surface area contributed by atoms with Gasteiger partial charge in [0.15, 0.2) is 5.82 Å². The van der Waals surface area contributed by atoms with Crippen LogP contribution in [0.4, 0.5) is 5.82 Å². The molecule has 2 aromatic rings. The van der Waals surface area contributed by atoms with Crippen molar-refractivity contribution >= 4 is 21.7 Å². The summed E-state index contributed by atoms with van der Waals surface area (Å²) in [5, 5.41) is 3.27. The zero-order chi connectivity index (χ0) is 13.7. The minimum Gasteiger partial charge on any atom is -0.496 e. The van der Waals surface area contributed by atoms with E-state index in [0.717, 1.165) is 34.6 Å². The largest absolute Gasteiger partial charge is 0.496 e.